The van der Waals surface area contributed by atoms with Crippen LogP contribution in [0.25, 0.3) is 11.0 Å². The maximum atomic E-state index is 6.07. The number of imidazole rings is 1. The molecule has 116 valence electrons. The average molecular weight is 307 g/mol. The molecule has 0 saturated heterocycles. The molecule has 0 unspecified atom stereocenters. The average Bonchev–Trinajstić information content (AvgIpc) is 2.80. The molecule has 0 spiro atoms. The Morgan fingerprint density at radius 1 is 1.24 bits per heavy atom. The van der Waals surface area contributed by atoms with E-state index in [4.69, 9.17) is 10.5 Å². The van der Waals surface area contributed by atoms with Crippen LogP contribution in [0.3, 0.4) is 0 Å². The van der Waals surface area contributed by atoms with E-state index in [9.17, 15) is 0 Å². The van der Waals surface area contributed by atoms with Gasteiger partial charge in [0, 0.05) is 6.54 Å². The highest BCUT2D eigenvalue weighted by atomic mass is 32.2. The molecule has 21 heavy (non-hydrogen) atoms. The molecule has 1 aromatic carbocycles. The molecule has 1 heterocycles. The summed E-state index contributed by atoms with van der Waals surface area (Å²) in [5, 5.41) is 0. The number of benzene rings is 1. The Morgan fingerprint density at radius 2 is 2.05 bits per heavy atom. The van der Waals surface area contributed by atoms with E-state index in [-0.39, 0.29) is 0 Å². The molecule has 0 bridgehead atoms. The Hall–Kier alpha value is -1.36. The number of unbranched alkanes of at least 4 members (excludes halogenated alkanes) is 3. The van der Waals surface area contributed by atoms with Crippen molar-refractivity contribution in [2.45, 2.75) is 39.2 Å². The molecule has 2 N–H and O–H groups in total. The van der Waals surface area contributed by atoms with Crippen LogP contribution in [0.5, 0.6) is 5.75 Å². The zero-order valence-electron chi connectivity index (χ0n) is 13.0. The molecule has 0 fully saturated rings. The number of aromatic nitrogens is 2. The number of para-hydroxylation sites is 1. The zero-order valence-corrected chi connectivity index (χ0v) is 13.8. The van der Waals surface area contributed by atoms with Crippen LogP contribution >= 0.6 is 11.8 Å². The van der Waals surface area contributed by atoms with Gasteiger partial charge in [-0.05, 0) is 43.9 Å². The number of aryl methyl sites for hydroxylation is 1. The van der Waals surface area contributed by atoms with Crippen LogP contribution in [0.15, 0.2) is 18.2 Å². The summed E-state index contributed by atoms with van der Waals surface area (Å²) < 4.78 is 7.73. The fraction of sp³-hybridized carbons (Fsp3) is 0.562. The zero-order chi connectivity index (χ0) is 15.1. The lowest BCUT2D eigenvalue weighted by Crippen LogP contribution is -2.03. The third-order valence-corrected chi connectivity index (χ3v) is 4.25. The van der Waals surface area contributed by atoms with E-state index in [2.05, 4.69) is 21.9 Å². The minimum atomic E-state index is 0.585. The molecule has 2 aromatic rings. The quantitative estimate of drug-likeness (QED) is 0.713. The van der Waals surface area contributed by atoms with E-state index < -0.39 is 0 Å². The molecule has 1 aromatic heterocycles. The van der Waals surface area contributed by atoms with Crippen molar-refractivity contribution in [1.82, 2.24) is 9.55 Å². The summed E-state index contributed by atoms with van der Waals surface area (Å²) in [5.41, 5.74) is 8.02. The van der Waals surface area contributed by atoms with Crippen molar-refractivity contribution < 1.29 is 4.74 Å². The van der Waals surface area contributed by atoms with E-state index in [0.717, 1.165) is 29.7 Å². The SMILES string of the molecule is CCOc1cccc2c1nc(N)n2CCCCCCSC. The predicted octanol–water partition coefficient (Wildman–Crippen LogP) is 3.94. The fourth-order valence-electron chi connectivity index (χ4n) is 2.52. The predicted molar refractivity (Wildman–Crippen MR) is 92.2 cm³/mol. The van der Waals surface area contributed by atoms with Gasteiger partial charge in [-0.2, -0.15) is 11.8 Å². The van der Waals surface area contributed by atoms with Crippen molar-refractivity contribution in [2.24, 2.45) is 0 Å². The van der Waals surface area contributed by atoms with Gasteiger partial charge < -0.3 is 15.0 Å². The second-order valence-corrected chi connectivity index (χ2v) is 6.07. The van der Waals surface area contributed by atoms with Crippen LogP contribution in [-0.2, 0) is 6.54 Å². The number of rotatable bonds is 9. The lowest BCUT2D eigenvalue weighted by molar-refractivity contribution is 0.343. The van der Waals surface area contributed by atoms with E-state index in [1.54, 1.807) is 0 Å². The van der Waals surface area contributed by atoms with Crippen molar-refractivity contribution in [2.75, 3.05) is 24.3 Å². The summed E-state index contributed by atoms with van der Waals surface area (Å²) in [7, 11) is 0. The minimum Gasteiger partial charge on any atom is -0.492 e. The van der Waals surface area contributed by atoms with Gasteiger partial charge in [0.25, 0.3) is 0 Å². The third-order valence-electron chi connectivity index (χ3n) is 3.55. The van der Waals surface area contributed by atoms with Crippen molar-refractivity contribution in [3.63, 3.8) is 0 Å². The maximum Gasteiger partial charge on any atom is 0.201 e. The minimum absolute atomic E-state index is 0.585. The molecule has 0 aliphatic heterocycles. The summed E-state index contributed by atoms with van der Waals surface area (Å²) in [6, 6.07) is 6.02. The van der Waals surface area contributed by atoms with Gasteiger partial charge in [0.1, 0.15) is 11.3 Å². The van der Waals surface area contributed by atoms with E-state index in [1.807, 2.05) is 30.8 Å². The molecular formula is C16H25N3OS. The summed E-state index contributed by atoms with van der Waals surface area (Å²) >= 11 is 1.92. The second kappa shape index (κ2) is 8.17. The van der Waals surface area contributed by atoms with Crippen LogP contribution < -0.4 is 10.5 Å². The van der Waals surface area contributed by atoms with Crippen LogP contribution in [-0.4, -0.2) is 28.2 Å². The molecule has 0 aliphatic carbocycles. The highest BCUT2D eigenvalue weighted by Gasteiger charge is 2.11. The molecule has 0 radical (unpaired) electrons. The standard InChI is InChI=1S/C16H25N3OS/c1-3-20-14-10-8-9-13-15(14)18-16(17)19(13)11-6-4-5-7-12-21-2/h8-10H,3-7,11-12H2,1-2H3,(H2,17,18). The molecular weight excluding hydrogens is 282 g/mol. The lowest BCUT2D eigenvalue weighted by atomic mass is 10.2. The van der Waals surface area contributed by atoms with Gasteiger partial charge >= 0.3 is 0 Å². The first-order valence-electron chi connectivity index (χ1n) is 7.64. The molecule has 0 saturated carbocycles. The van der Waals surface area contributed by atoms with Gasteiger partial charge in [0.2, 0.25) is 5.95 Å². The van der Waals surface area contributed by atoms with E-state index >= 15 is 0 Å². The van der Waals surface area contributed by atoms with Crippen LogP contribution in [0.1, 0.15) is 32.6 Å². The first kappa shape index (κ1) is 16.0. The summed E-state index contributed by atoms with van der Waals surface area (Å²) in [5.74, 6) is 2.66. The number of nitrogen functional groups attached to an aromatic ring is 1. The Balaban J connectivity index is 2.02. The van der Waals surface area contributed by atoms with Crippen molar-refractivity contribution in [3.05, 3.63) is 18.2 Å². The number of anilines is 1. The van der Waals surface area contributed by atoms with Gasteiger partial charge in [0.05, 0.1) is 12.1 Å². The highest BCUT2D eigenvalue weighted by Crippen LogP contribution is 2.27. The third kappa shape index (κ3) is 4.06. The Labute approximate surface area is 131 Å². The van der Waals surface area contributed by atoms with Gasteiger partial charge in [0.15, 0.2) is 0 Å². The highest BCUT2D eigenvalue weighted by molar-refractivity contribution is 7.98. The fourth-order valence-corrected chi connectivity index (χ4v) is 3.01. The number of nitrogens with zero attached hydrogens (tertiary/aromatic N) is 2. The molecule has 4 nitrogen and oxygen atoms in total. The molecule has 0 amide bonds. The topological polar surface area (TPSA) is 53.1 Å². The van der Waals surface area contributed by atoms with Crippen molar-refractivity contribution in [1.29, 1.82) is 0 Å². The smallest absolute Gasteiger partial charge is 0.201 e. The van der Waals surface area contributed by atoms with Crippen LogP contribution in [0.4, 0.5) is 5.95 Å². The largest absolute Gasteiger partial charge is 0.492 e. The maximum absolute atomic E-state index is 6.07. The number of hydrogen-bond donors (Lipinski definition) is 1. The van der Waals surface area contributed by atoms with Gasteiger partial charge in [-0.1, -0.05) is 18.9 Å². The van der Waals surface area contributed by atoms with Gasteiger partial charge in [-0.15, -0.1) is 0 Å². The van der Waals surface area contributed by atoms with E-state index in [1.165, 1.54) is 25.0 Å². The van der Waals surface area contributed by atoms with Crippen molar-refractivity contribution >= 4 is 28.7 Å². The number of nitrogens with two attached hydrogens (primary N) is 1. The van der Waals surface area contributed by atoms with E-state index in [0.29, 0.717) is 12.6 Å². The monoisotopic (exact) mass is 307 g/mol. The van der Waals surface area contributed by atoms with Crippen molar-refractivity contribution in [3.8, 4) is 5.75 Å². The molecule has 0 aliphatic rings. The normalized spacial score (nSPS) is 11.1. The van der Waals surface area contributed by atoms with Crippen LogP contribution in [0.2, 0.25) is 0 Å². The summed E-state index contributed by atoms with van der Waals surface area (Å²) in [6.07, 6.45) is 7.13. The molecule has 2 rings (SSSR count). The Bertz CT molecular complexity index is 568. The second-order valence-electron chi connectivity index (χ2n) is 5.09. The molecule has 5 heteroatoms. The number of thioether (sulfide) groups is 1. The molecule has 0 atom stereocenters. The van der Waals surface area contributed by atoms with Gasteiger partial charge in [-0.25, -0.2) is 4.98 Å². The summed E-state index contributed by atoms with van der Waals surface area (Å²) in [4.78, 5) is 4.47. The first-order chi connectivity index (χ1) is 10.3. The number of hydrogen-bond acceptors (Lipinski definition) is 4. The first-order valence-corrected chi connectivity index (χ1v) is 9.03. The Kier molecular flexibility index (Phi) is 6.23. The van der Waals surface area contributed by atoms with Gasteiger partial charge in [-0.3, -0.25) is 0 Å². The number of ether oxygens (including phenoxy) is 1. The lowest BCUT2D eigenvalue weighted by Gasteiger charge is -2.07. The summed E-state index contributed by atoms with van der Waals surface area (Å²) in [6.45, 7) is 3.55. The Morgan fingerprint density at radius 3 is 2.81 bits per heavy atom. The van der Waals surface area contributed by atoms with Crippen LogP contribution in [0, 0.1) is 0 Å². The number of fused-ring (bicyclic) bond motifs is 1.